The van der Waals surface area contributed by atoms with E-state index < -0.39 is 12.0 Å². The van der Waals surface area contributed by atoms with Crippen LogP contribution >= 0.6 is 34.5 Å². The number of halogens is 2. The molecular weight excluding hydrogens is 519 g/mol. The topological polar surface area (TPSA) is 69.9 Å². The van der Waals surface area contributed by atoms with Gasteiger partial charge in [0.15, 0.2) is 4.80 Å². The van der Waals surface area contributed by atoms with Gasteiger partial charge in [0, 0.05) is 10.0 Å². The summed E-state index contributed by atoms with van der Waals surface area (Å²) in [6.45, 7) is 8.02. The molecule has 1 aliphatic heterocycles. The number of carbonyl (C=O) groups is 1. The summed E-state index contributed by atoms with van der Waals surface area (Å²) in [6, 6.07) is 11.7. The van der Waals surface area contributed by atoms with Gasteiger partial charge in [-0.2, -0.15) is 0 Å². The van der Waals surface area contributed by atoms with Gasteiger partial charge in [-0.3, -0.25) is 9.36 Å². The zero-order chi connectivity index (χ0) is 25.8. The number of benzene rings is 2. The summed E-state index contributed by atoms with van der Waals surface area (Å²) in [5, 5.41) is 0.931. The Morgan fingerprint density at radius 2 is 1.97 bits per heavy atom. The van der Waals surface area contributed by atoms with Crippen molar-refractivity contribution in [2.75, 3.05) is 13.2 Å². The molecule has 0 aliphatic carbocycles. The van der Waals surface area contributed by atoms with Crippen molar-refractivity contribution in [1.82, 2.24) is 4.57 Å². The minimum atomic E-state index is -0.721. The second-order valence-corrected chi connectivity index (χ2v) is 9.91. The predicted molar refractivity (Wildman–Crippen MR) is 144 cm³/mol. The molecule has 0 radical (unpaired) electrons. The average Bonchev–Trinajstić information content (AvgIpc) is 3.16. The monoisotopic (exact) mass is 542 g/mol. The third-order valence-corrected chi connectivity index (χ3v) is 7.04. The van der Waals surface area contributed by atoms with E-state index in [4.69, 9.17) is 32.7 Å². The van der Waals surface area contributed by atoms with Crippen LogP contribution in [0.4, 0.5) is 0 Å². The largest absolute Gasteiger partial charge is 0.494 e. The lowest BCUT2D eigenvalue weighted by molar-refractivity contribution is -0.138. The number of rotatable bonds is 8. The van der Waals surface area contributed by atoms with Crippen LogP contribution in [0.25, 0.3) is 6.08 Å². The number of nitrogens with zero attached hydrogens (tertiary/aromatic N) is 2. The van der Waals surface area contributed by atoms with Gasteiger partial charge in [0.1, 0.15) is 12.4 Å². The fourth-order valence-corrected chi connectivity index (χ4v) is 5.34. The molecule has 1 aromatic heterocycles. The van der Waals surface area contributed by atoms with Crippen molar-refractivity contribution in [3.8, 4) is 5.75 Å². The van der Waals surface area contributed by atoms with Crippen molar-refractivity contribution in [3.05, 3.63) is 107 Å². The second kappa shape index (κ2) is 11.3. The first-order valence-corrected chi connectivity index (χ1v) is 12.9. The summed E-state index contributed by atoms with van der Waals surface area (Å²) < 4.78 is 13.0. The summed E-state index contributed by atoms with van der Waals surface area (Å²) in [4.78, 5) is 31.8. The Hall–Kier alpha value is -3.13. The Balaban J connectivity index is 1.88. The molecule has 0 saturated heterocycles. The molecule has 6 nitrogen and oxygen atoms in total. The number of thiazole rings is 1. The van der Waals surface area contributed by atoms with Gasteiger partial charge >= 0.3 is 5.97 Å². The molecule has 0 spiro atoms. The van der Waals surface area contributed by atoms with E-state index in [2.05, 4.69) is 11.6 Å². The zero-order valence-electron chi connectivity index (χ0n) is 19.8. The van der Waals surface area contributed by atoms with Crippen molar-refractivity contribution < 1.29 is 14.3 Å². The van der Waals surface area contributed by atoms with Crippen LogP contribution in [0.5, 0.6) is 5.75 Å². The quantitative estimate of drug-likeness (QED) is 0.294. The summed E-state index contributed by atoms with van der Waals surface area (Å²) in [5.74, 6) is 0.157. The first kappa shape index (κ1) is 25.9. The van der Waals surface area contributed by atoms with Gasteiger partial charge in [-0.15, -0.1) is 0 Å². The molecule has 186 valence electrons. The smallest absolute Gasteiger partial charge is 0.338 e. The van der Waals surface area contributed by atoms with Crippen LogP contribution in [0.2, 0.25) is 10.0 Å². The first-order chi connectivity index (χ1) is 17.3. The second-order valence-electron chi connectivity index (χ2n) is 8.05. The van der Waals surface area contributed by atoms with Crippen LogP contribution in [0.15, 0.2) is 76.2 Å². The predicted octanol–water partition coefficient (Wildman–Crippen LogP) is 5.06. The highest BCUT2D eigenvalue weighted by atomic mass is 35.5. The highest BCUT2D eigenvalue weighted by molar-refractivity contribution is 7.07. The Bertz CT molecular complexity index is 1520. The zero-order valence-corrected chi connectivity index (χ0v) is 22.1. The molecule has 0 amide bonds. The van der Waals surface area contributed by atoms with Gasteiger partial charge in [-0.1, -0.05) is 72.3 Å². The van der Waals surface area contributed by atoms with Gasteiger partial charge in [0.2, 0.25) is 0 Å². The fourth-order valence-electron chi connectivity index (χ4n) is 3.84. The van der Waals surface area contributed by atoms with Crippen LogP contribution in [-0.2, 0) is 9.53 Å². The lowest BCUT2D eigenvalue weighted by atomic mass is 9.96. The molecule has 9 heteroatoms. The van der Waals surface area contributed by atoms with Crippen molar-refractivity contribution in [1.29, 1.82) is 0 Å². The molecule has 4 rings (SSSR count). The molecule has 1 unspecified atom stereocenters. The van der Waals surface area contributed by atoms with Crippen molar-refractivity contribution in [2.45, 2.75) is 26.3 Å². The van der Waals surface area contributed by atoms with Gasteiger partial charge in [-0.25, -0.2) is 9.79 Å². The lowest BCUT2D eigenvalue weighted by Gasteiger charge is -2.24. The van der Waals surface area contributed by atoms with Crippen LogP contribution in [0.1, 0.15) is 37.4 Å². The van der Waals surface area contributed by atoms with Crippen LogP contribution in [-0.4, -0.2) is 23.8 Å². The SMILES string of the molecule is C=CCOC(=O)C1=C(C)N=c2s/c(=C\c3ccc(Cl)cc3Cl)c(=O)n2C1c1ccc(OCCC)cc1. The molecule has 0 bridgehead atoms. The van der Waals surface area contributed by atoms with E-state index in [1.807, 2.05) is 31.2 Å². The number of carbonyl (C=O) groups excluding carboxylic acids is 1. The van der Waals surface area contributed by atoms with E-state index in [1.165, 1.54) is 22.0 Å². The van der Waals surface area contributed by atoms with E-state index in [1.54, 1.807) is 31.2 Å². The molecule has 2 heterocycles. The Kier molecular flexibility index (Phi) is 8.14. The van der Waals surface area contributed by atoms with Crippen molar-refractivity contribution >= 4 is 46.6 Å². The molecule has 3 aromatic rings. The van der Waals surface area contributed by atoms with Crippen LogP contribution in [0.3, 0.4) is 0 Å². The molecule has 0 N–H and O–H groups in total. The Morgan fingerprint density at radius 3 is 2.64 bits per heavy atom. The normalized spacial score (nSPS) is 15.3. The third kappa shape index (κ3) is 5.33. The minimum absolute atomic E-state index is 0.0472. The summed E-state index contributed by atoms with van der Waals surface area (Å²) in [7, 11) is 0. The highest BCUT2D eigenvalue weighted by Gasteiger charge is 2.33. The summed E-state index contributed by atoms with van der Waals surface area (Å²) in [6.07, 6.45) is 4.09. The van der Waals surface area contributed by atoms with E-state index in [-0.39, 0.29) is 12.2 Å². The molecule has 1 aliphatic rings. The van der Waals surface area contributed by atoms with Gasteiger partial charge < -0.3 is 9.47 Å². The maximum absolute atomic E-state index is 13.7. The number of esters is 1. The Morgan fingerprint density at radius 1 is 1.22 bits per heavy atom. The van der Waals surface area contributed by atoms with Crippen LogP contribution in [0, 0.1) is 0 Å². The number of hydrogen-bond acceptors (Lipinski definition) is 6. The van der Waals surface area contributed by atoms with Gasteiger partial charge in [0.05, 0.1) is 28.5 Å². The molecule has 0 fully saturated rings. The van der Waals surface area contributed by atoms with Crippen molar-refractivity contribution in [3.63, 3.8) is 0 Å². The van der Waals surface area contributed by atoms with E-state index >= 15 is 0 Å². The molecular formula is C27H24Cl2N2O4S. The maximum Gasteiger partial charge on any atom is 0.338 e. The third-order valence-electron chi connectivity index (χ3n) is 5.49. The number of fused-ring (bicyclic) bond motifs is 1. The fraction of sp³-hybridized carbons (Fsp3) is 0.222. The standard InChI is InChI=1S/C27H24Cl2N2O4S/c1-4-12-34-20-10-7-17(8-11-20)24-23(26(33)35-13-5-2)16(3)30-27-31(24)25(32)22(36-27)14-18-6-9-19(28)15-21(18)29/h5-11,14-15,24H,2,4,12-13H2,1,3H3/b22-14-. The summed E-state index contributed by atoms with van der Waals surface area (Å²) >= 11 is 13.6. The Labute approximate surface area is 222 Å². The summed E-state index contributed by atoms with van der Waals surface area (Å²) in [5.41, 5.74) is 1.88. The maximum atomic E-state index is 13.7. The number of aromatic nitrogens is 1. The first-order valence-electron chi connectivity index (χ1n) is 11.3. The number of hydrogen-bond donors (Lipinski definition) is 0. The van der Waals surface area contributed by atoms with E-state index in [9.17, 15) is 9.59 Å². The van der Waals surface area contributed by atoms with Gasteiger partial charge in [0.25, 0.3) is 5.56 Å². The van der Waals surface area contributed by atoms with E-state index in [0.29, 0.717) is 48.6 Å². The van der Waals surface area contributed by atoms with E-state index in [0.717, 1.165) is 12.0 Å². The van der Waals surface area contributed by atoms with Crippen molar-refractivity contribution in [2.24, 2.45) is 4.99 Å². The molecule has 0 saturated carbocycles. The van der Waals surface area contributed by atoms with Crippen LogP contribution < -0.4 is 19.6 Å². The number of ether oxygens (including phenoxy) is 2. The highest BCUT2D eigenvalue weighted by Crippen LogP contribution is 2.31. The minimum Gasteiger partial charge on any atom is -0.494 e. The number of allylic oxidation sites excluding steroid dienone is 1. The molecule has 1 atom stereocenters. The molecule has 36 heavy (non-hydrogen) atoms. The average molecular weight is 543 g/mol. The van der Waals surface area contributed by atoms with Gasteiger partial charge in [-0.05, 0) is 54.8 Å². The lowest BCUT2D eigenvalue weighted by Crippen LogP contribution is -2.39. The molecule has 2 aromatic carbocycles.